The second kappa shape index (κ2) is 9.43. The summed E-state index contributed by atoms with van der Waals surface area (Å²) < 4.78 is 6.22. The number of esters is 1. The van der Waals surface area contributed by atoms with Crippen LogP contribution in [0.4, 0.5) is 0 Å². The van der Waals surface area contributed by atoms with Gasteiger partial charge in [0.25, 0.3) is 0 Å². The van der Waals surface area contributed by atoms with Gasteiger partial charge in [0.1, 0.15) is 5.60 Å². The van der Waals surface area contributed by atoms with Crippen LogP contribution in [0.5, 0.6) is 0 Å². The van der Waals surface area contributed by atoms with Crippen molar-refractivity contribution < 1.29 is 19.4 Å². The van der Waals surface area contributed by atoms with Gasteiger partial charge in [-0.05, 0) is 50.9 Å². The molecular formula is C20H34O4. The van der Waals surface area contributed by atoms with E-state index in [2.05, 4.69) is 0 Å². The second-order valence-corrected chi connectivity index (χ2v) is 7.92. The number of carboxylic acids is 1. The standard InChI is InChI=1S/C20H34O4/c1-16(12-13-18(21)22)19(23)24-20(14-8-4-5-9-15-20)17-10-6-2-3-7-11-17/h16-17H,2-15H2,1H3,(H,21,22). The lowest BCUT2D eigenvalue weighted by Crippen LogP contribution is -2.43. The van der Waals surface area contributed by atoms with Gasteiger partial charge in [0.05, 0.1) is 5.92 Å². The molecule has 2 rings (SSSR count). The summed E-state index contributed by atoms with van der Waals surface area (Å²) in [4.78, 5) is 23.4. The molecule has 0 saturated heterocycles. The molecule has 0 heterocycles. The Morgan fingerprint density at radius 2 is 1.54 bits per heavy atom. The summed E-state index contributed by atoms with van der Waals surface area (Å²) in [6, 6.07) is 0. The van der Waals surface area contributed by atoms with Crippen molar-refractivity contribution in [3.63, 3.8) is 0 Å². The van der Waals surface area contributed by atoms with Crippen LogP contribution in [0.1, 0.15) is 96.8 Å². The Bertz CT molecular complexity index is 402. The molecule has 0 amide bonds. The topological polar surface area (TPSA) is 63.6 Å². The van der Waals surface area contributed by atoms with Crippen LogP contribution in [-0.4, -0.2) is 22.6 Å². The summed E-state index contributed by atoms with van der Waals surface area (Å²) >= 11 is 0. The number of carbonyl (C=O) groups is 2. The van der Waals surface area contributed by atoms with Gasteiger partial charge in [0.15, 0.2) is 0 Å². The molecule has 0 aromatic rings. The molecule has 4 nitrogen and oxygen atoms in total. The van der Waals surface area contributed by atoms with Crippen molar-refractivity contribution in [1.29, 1.82) is 0 Å². The zero-order valence-electron chi connectivity index (χ0n) is 15.2. The molecule has 2 saturated carbocycles. The maximum Gasteiger partial charge on any atom is 0.309 e. The third-order valence-corrected chi connectivity index (χ3v) is 6.05. The third kappa shape index (κ3) is 5.49. The number of carboxylic acid groups (broad SMARTS) is 1. The lowest BCUT2D eigenvalue weighted by Gasteiger charge is -2.40. The van der Waals surface area contributed by atoms with Gasteiger partial charge in [0.2, 0.25) is 0 Å². The number of ether oxygens (including phenoxy) is 1. The Balaban J connectivity index is 2.06. The van der Waals surface area contributed by atoms with Crippen molar-refractivity contribution in [2.75, 3.05) is 0 Å². The van der Waals surface area contributed by atoms with Crippen molar-refractivity contribution >= 4 is 11.9 Å². The van der Waals surface area contributed by atoms with Crippen LogP contribution in [0.15, 0.2) is 0 Å². The fourth-order valence-electron chi connectivity index (χ4n) is 4.48. The highest BCUT2D eigenvalue weighted by atomic mass is 16.6. The Kier molecular flexibility index (Phi) is 7.57. The van der Waals surface area contributed by atoms with Crippen LogP contribution in [-0.2, 0) is 14.3 Å². The minimum absolute atomic E-state index is 0.0344. The zero-order chi connectivity index (χ0) is 17.4. The smallest absolute Gasteiger partial charge is 0.309 e. The molecule has 0 spiro atoms. The van der Waals surface area contributed by atoms with Crippen molar-refractivity contribution in [1.82, 2.24) is 0 Å². The van der Waals surface area contributed by atoms with Gasteiger partial charge in [-0.1, -0.05) is 45.4 Å². The van der Waals surface area contributed by atoms with Gasteiger partial charge in [-0.3, -0.25) is 9.59 Å². The summed E-state index contributed by atoms with van der Waals surface area (Å²) in [6.07, 6.45) is 14.6. The van der Waals surface area contributed by atoms with Crippen LogP contribution in [0.25, 0.3) is 0 Å². The van der Waals surface area contributed by atoms with Crippen LogP contribution >= 0.6 is 0 Å². The molecule has 1 unspecified atom stereocenters. The van der Waals surface area contributed by atoms with E-state index in [0.717, 1.165) is 25.7 Å². The molecule has 0 radical (unpaired) electrons. The van der Waals surface area contributed by atoms with Crippen LogP contribution in [0, 0.1) is 11.8 Å². The van der Waals surface area contributed by atoms with E-state index in [0.29, 0.717) is 12.3 Å². The summed E-state index contributed by atoms with van der Waals surface area (Å²) in [5, 5.41) is 8.84. The lowest BCUT2D eigenvalue weighted by atomic mass is 9.76. The van der Waals surface area contributed by atoms with Crippen molar-refractivity contribution in [2.24, 2.45) is 11.8 Å². The van der Waals surface area contributed by atoms with E-state index in [1.807, 2.05) is 6.92 Å². The molecular weight excluding hydrogens is 304 g/mol. The quantitative estimate of drug-likeness (QED) is 0.541. The lowest BCUT2D eigenvalue weighted by molar-refractivity contribution is -0.174. The highest BCUT2D eigenvalue weighted by Crippen LogP contribution is 2.43. The van der Waals surface area contributed by atoms with E-state index in [1.54, 1.807) is 0 Å². The molecule has 1 atom stereocenters. The monoisotopic (exact) mass is 338 g/mol. The highest BCUT2D eigenvalue weighted by molar-refractivity contribution is 5.74. The average Bonchev–Trinajstić information content (AvgIpc) is 2.96. The largest absolute Gasteiger partial charge is 0.481 e. The molecule has 0 aliphatic heterocycles. The molecule has 2 aliphatic carbocycles. The molecule has 1 N–H and O–H groups in total. The van der Waals surface area contributed by atoms with Crippen molar-refractivity contribution in [2.45, 2.75) is 102 Å². The zero-order valence-corrected chi connectivity index (χ0v) is 15.2. The van der Waals surface area contributed by atoms with E-state index in [9.17, 15) is 9.59 Å². The fraction of sp³-hybridized carbons (Fsp3) is 0.900. The van der Waals surface area contributed by atoms with Crippen molar-refractivity contribution in [3.8, 4) is 0 Å². The molecule has 138 valence electrons. The van der Waals surface area contributed by atoms with E-state index in [1.165, 1.54) is 51.4 Å². The van der Waals surface area contributed by atoms with E-state index in [4.69, 9.17) is 9.84 Å². The maximum absolute atomic E-state index is 12.7. The molecule has 0 bridgehead atoms. The predicted molar refractivity (Wildman–Crippen MR) is 93.8 cm³/mol. The van der Waals surface area contributed by atoms with Crippen LogP contribution in [0.3, 0.4) is 0 Å². The maximum atomic E-state index is 12.7. The normalized spacial score (nSPS) is 23.7. The first-order valence-corrected chi connectivity index (χ1v) is 9.98. The second-order valence-electron chi connectivity index (χ2n) is 7.92. The molecule has 2 fully saturated rings. The summed E-state index contributed by atoms with van der Waals surface area (Å²) in [5.74, 6) is -0.856. The number of hydrogen-bond acceptors (Lipinski definition) is 3. The predicted octanol–water partition coefficient (Wildman–Crippen LogP) is 5.09. The number of aliphatic carboxylic acids is 1. The highest BCUT2D eigenvalue weighted by Gasteiger charge is 2.42. The molecule has 0 aromatic carbocycles. The van der Waals surface area contributed by atoms with Gasteiger partial charge in [-0.15, -0.1) is 0 Å². The first kappa shape index (κ1) is 19.3. The minimum Gasteiger partial charge on any atom is -0.481 e. The van der Waals surface area contributed by atoms with Gasteiger partial charge in [0, 0.05) is 6.42 Å². The Labute approximate surface area is 146 Å². The number of rotatable bonds is 6. The van der Waals surface area contributed by atoms with E-state index in [-0.39, 0.29) is 23.9 Å². The Morgan fingerprint density at radius 3 is 2.08 bits per heavy atom. The number of hydrogen-bond donors (Lipinski definition) is 1. The van der Waals surface area contributed by atoms with Crippen molar-refractivity contribution in [3.05, 3.63) is 0 Å². The molecule has 2 aliphatic rings. The van der Waals surface area contributed by atoms with Crippen LogP contribution in [0.2, 0.25) is 0 Å². The van der Waals surface area contributed by atoms with Gasteiger partial charge in [-0.25, -0.2) is 0 Å². The molecule has 4 heteroatoms. The number of carbonyl (C=O) groups excluding carboxylic acids is 1. The first-order chi connectivity index (χ1) is 11.5. The van der Waals surface area contributed by atoms with Gasteiger partial charge in [-0.2, -0.15) is 0 Å². The summed E-state index contributed by atoms with van der Waals surface area (Å²) in [6.45, 7) is 1.81. The first-order valence-electron chi connectivity index (χ1n) is 9.98. The average molecular weight is 338 g/mol. The fourth-order valence-corrected chi connectivity index (χ4v) is 4.48. The van der Waals surface area contributed by atoms with Gasteiger partial charge < -0.3 is 9.84 Å². The molecule has 24 heavy (non-hydrogen) atoms. The minimum atomic E-state index is -0.845. The molecule has 0 aromatic heterocycles. The summed E-state index contributed by atoms with van der Waals surface area (Å²) in [7, 11) is 0. The van der Waals surface area contributed by atoms with E-state index >= 15 is 0 Å². The summed E-state index contributed by atoms with van der Waals surface area (Å²) in [5.41, 5.74) is -0.282. The van der Waals surface area contributed by atoms with Gasteiger partial charge >= 0.3 is 11.9 Å². The SMILES string of the molecule is CC(CCC(=O)O)C(=O)OC1(C2CCCCCC2)CCCCCC1. The van der Waals surface area contributed by atoms with Crippen LogP contribution < -0.4 is 0 Å². The third-order valence-electron chi connectivity index (χ3n) is 6.05. The Hall–Kier alpha value is -1.06. The van der Waals surface area contributed by atoms with E-state index < -0.39 is 5.97 Å². The Morgan fingerprint density at radius 1 is 1.00 bits per heavy atom.